The number of likely N-dealkylation sites (N-methyl/N-ethyl adjacent to an activating group) is 1. The van der Waals surface area contributed by atoms with Crippen LogP contribution in [0.5, 0.6) is 0 Å². The topological polar surface area (TPSA) is 21.1 Å². The maximum absolute atomic E-state index is 4.27. The number of hydrogen-bond acceptors (Lipinski definition) is 2. The van der Waals surface area contributed by atoms with E-state index in [1.54, 1.807) is 4.68 Å². The summed E-state index contributed by atoms with van der Waals surface area (Å²) < 4.78 is 1.80. The Bertz CT molecular complexity index is 275. The molecule has 0 saturated carbocycles. The van der Waals surface area contributed by atoms with Crippen molar-refractivity contribution in [2.75, 3.05) is 18.5 Å². The predicted octanol–water partition coefficient (Wildman–Crippen LogP) is 1.43. The molecule has 0 aromatic carbocycles. The zero-order valence-electron chi connectivity index (χ0n) is 7.91. The molecule has 3 heteroatoms. The van der Waals surface area contributed by atoms with Crippen LogP contribution in [0.1, 0.15) is 6.92 Å². The molecular weight excluding hydrogens is 150 g/mol. The maximum atomic E-state index is 4.27. The van der Waals surface area contributed by atoms with Crippen LogP contribution in [-0.4, -0.2) is 23.4 Å². The number of hydrogen-bond donors (Lipinski definition) is 0. The van der Waals surface area contributed by atoms with Gasteiger partial charge in [-0.2, -0.15) is 5.10 Å². The van der Waals surface area contributed by atoms with E-state index in [-0.39, 0.29) is 0 Å². The molecule has 0 saturated heterocycles. The standard InChI is InChI=1S/C9H15N3/c1-8(2)7-11(3)9-5-6-12(4)10-9/h5-6H,1,7H2,2-4H3. The Labute approximate surface area is 73.3 Å². The van der Waals surface area contributed by atoms with E-state index in [1.165, 1.54) is 0 Å². The van der Waals surface area contributed by atoms with Gasteiger partial charge in [0.05, 0.1) is 0 Å². The zero-order valence-corrected chi connectivity index (χ0v) is 7.91. The number of aryl methyl sites for hydroxylation is 1. The van der Waals surface area contributed by atoms with Gasteiger partial charge in [-0.15, -0.1) is 0 Å². The predicted molar refractivity (Wildman–Crippen MR) is 51.3 cm³/mol. The first-order valence-electron chi connectivity index (χ1n) is 3.95. The van der Waals surface area contributed by atoms with Gasteiger partial charge in [-0.3, -0.25) is 4.68 Å². The van der Waals surface area contributed by atoms with Crippen LogP contribution in [0.15, 0.2) is 24.4 Å². The first-order chi connectivity index (χ1) is 5.59. The lowest BCUT2D eigenvalue weighted by Gasteiger charge is -2.15. The van der Waals surface area contributed by atoms with Crippen molar-refractivity contribution in [3.8, 4) is 0 Å². The summed E-state index contributed by atoms with van der Waals surface area (Å²) in [5.74, 6) is 0.987. The summed E-state index contributed by atoms with van der Waals surface area (Å²) in [6, 6.07) is 1.99. The third-order valence-corrected chi connectivity index (χ3v) is 1.60. The Balaban J connectivity index is 2.64. The fourth-order valence-electron chi connectivity index (χ4n) is 1.09. The molecule has 3 nitrogen and oxygen atoms in total. The maximum Gasteiger partial charge on any atom is 0.150 e. The van der Waals surface area contributed by atoms with E-state index in [2.05, 4.69) is 16.6 Å². The van der Waals surface area contributed by atoms with Crippen molar-refractivity contribution in [1.82, 2.24) is 9.78 Å². The van der Waals surface area contributed by atoms with Gasteiger partial charge in [0.25, 0.3) is 0 Å². The summed E-state index contributed by atoms with van der Waals surface area (Å²) in [5, 5.41) is 4.27. The minimum Gasteiger partial charge on any atom is -0.354 e. The van der Waals surface area contributed by atoms with Crippen molar-refractivity contribution in [2.45, 2.75) is 6.92 Å². The van der Waals surface area contributed by atoms with Gasteiger partial charge >= 0.3 is 0 Å². The lowest BCUT2D eigenvalue weighted by molar-refractivity contribution is 0.757. The Morgan fingerprint density at radius 2 is 2.42 bits per heavy atom. The summed E-state index contributed by atoms with van der Waals surface area (Å²) >= 11 is 0. The van der Waals surface area contributed by atoms with Crippen LogP contribution in [0.25, 0.3) is 0 Å². The largest absolute Gasteiger partial charge is 0.354 e. The monoisotopic (exact) mass is 165 g/mol. The van der Waals surface area contributed by atoms with Gasteiger partial charge in [0.15, 0.2) is 5.82 Å². The van der Waals surface area contributed by atoms with Crippen molar-refractivity contribution >= 4 is 5.82 Å². The average Bonchev–Trinajstić information content (AvgIpc) is 2.34. The molecule has 0 spiro atoms. The minimum atomic E-state index is 0.858. The molecular formula is C9H15N3. The second kappa shape index (κ2) is 3.43. The smallest absolute Gasteiger partial charge is 0.150 e. The molecule has 0 unspecified atom stereocenters. The molecule has 0 fully saturated rings. The van der Waals surface area contributed by atoms with Gasteiger partial charge in [-0.1, -0.05) is 12.2 Å². The number of anilines is 1. The highest BCUT2D eigenvalue weighted by Gasteiger charge is 2.02. The fraction of sp³-hybridized carbons (Fsp3) is 0.444. The molecule has 1 aromatic rings. The van der Waals surface area contributed by atoms with E-state index in [0.29, 0.717) is 0 Å². The minimum absolute atomic E-state index is 0.858. The van der Waals surface area contributed by atoms with Crippen LogP contribution in [0.4, 0.5) is 5.82 Å². The molecule has 1 aromatic heterocycles. The molecule has 0 aliphatic heterocycles. The summed E-state index contributed by atoms with van der Waals surface area (Å²) in [6.45, 7) is 6.72. The lowest BCUT2D eigenvalue weighted by atomic mass is 10.3. The third kappa shape index (κ3) is 2.12. The van der Waals surface area contributed by atoms with Gasteiger partial charge in [0.1, 0.15) is 0 Å². The summed E-state index contributed by atoms with van der Waals surface area (Å²) in [6.07, 6.45) is 1.93. The number of aromatic nitrogens is 2. The van der Waals surface area contributed by atoms with Gasteiger partial charge in [-0.25, -0.2) is 0 Å². The van der Waals surface area contributed by atoms with E-state index in [0.717, 1.165) is 17.9 Å². The van der Waals surface area contributed by atoms with Crippen LogP contribution in [0, 0.1) is 0 Å². The molecule has 0 radical (unpaired) electrons. The number of nitrogens with zero attached hydrogens (tertiary/aromatic N) is 3. The van der Waals surface area contributed by atoms with Crippen LogP contribution in [0.2, 0.25) is 0 Å². The normalized spacial score (nSPS) is 9.92. The molecule has 0 atom stereocenters. The SMILES string of the molecule is C=C(C)CN(C)c1ccn(C)n1. The van der Waals surface area contributed by atoms with Crippen molar-refractivity contribution < 1.29 is 0 Å². The third-order valence-electron chi connectivity index (χ3n) is 1.60. The quantitative estimate of drug-likeness (QED) is 0.632. The fourth-order valence-corrected chi connectivity index (χ4v) is 1.09. The Hall–Kier alpha value is -1.25. The average molecular weight is 165 g/mol. The molecule has 0 aliphatic rings. The molecule has 12 heavy (non-hydrogen) atoms. The lowest BCUT2D eigenvalue weighted by Crippen LogP contribution is -2.19. The van der Waals surface area contributed by atoms with E-state index < -0.39 is 0 Å². The molecule has 1 rings (SSSR count). The highest BCUT2D eigenvalue weighted by molar-refractivity contribution is 5.37. The molecule has 0 bridgehead atoms. The van der Waals surface area contributed by atoms with Crippen molar-refractivity contribution in [3.63, 3.8) is 0 Å². The van der Waals surface area contributed by atoms with Crippen LogP contribution < -0.4 is 4.90 Å². The van der Waals surface area contributed by atoms with Gasteiger partial charge in [0.2, 0.25) is 0 Å². The van der Waals surface area contributed by atoms with Gasteiger partial charge < -0.3 is 4.90 Å². The second-order valence-electron chi connectivity index (χ2n) is 3.16. The van der Waals surface area contributed by atoms with Crippen LogP contribution in [-0.2, 0) is 7.05 Å². The van der Waals surface area contributed by atoms with Gasteiger partial charge in [0, 0.05) is 32.9 Å². The summed E-state index contributed by atoms with van der Waals surface area (Å²) in [7, 11) is 3.93. The van der Waals surface area contributed by atoms with Crippen LogP contribution in [0.3, 0.4) is 0 Å². The summed E-state index contributed by atoms with van der Waals surface area (Å²) in [4.78, 5) is 2.07. The molecule has 66 valence electrons. The van der Waals surface area contributed by atoms with E-state index in [9.17, 15) is 0 Å². The van der Waals surface area contributed by atoms with Crippen molar-refractivity contribution in [3.05, 3.63) is 24.4 Å². The first-order valence-corrected chi connectivity index (χ1v) is 3.95. The second-order valence-corrected chi connectivity index (χ2v) is 3.16. The highest BCUT2D eigenvalue weighted by Crippen LogP contribution is 2.08. The summed E-state index contributed by atoms with van der Waals surface area (Å²) in [5.41, 5.74) is 1.14. The Morgan fingerprint density at radius 3 is 2.83 bits per heavy atom. The molecule has 0 amide bonds. The Morgan fingerprint density at radius 1 is 1.75 bits per heavy atom. The molecule has 0 aliphatic carbocycles. The van der Waals surface area contributed by atoms with Gasteiger partial charge in [-0.05, 0) is 6.92 Å². The molecule has 1 heterocycles. The Kier molecular flexibility index (Phi) is 2.53. The van der Waals surface area contributed by atoms with Crippen molar-refractivity contribution in [2.24, 2.45) is 7.05 Å². The van der Waals surface area contributed by atoms with E-state index >= 15 is 0 Å². The van der Waals surface area contributed by atoms with Crippen molar-refractivity contribution in [1.29, 1.82) is 0 Å². The highest BCUT2D eigenvalue weighted by atomic mass is 15.3. The molecule has 0 N–H and O–H groups in total. The number of rotatable bonds is 3. The first kappa shape index (κ1) is 8.84. The van der Waals surface area contributed by atoms with E-state index in [4.69, 9.17) is 0 Å². The van der Waals surface area contributed by atoms with E-state index in [1.807, 2.05) is 33.3 Å². The zero-order chi connectivity index (χ0) is 9.14. The van der Waals surface area contributed by atoms with Crippen LogP contribution >= 0.6 is 0 Å².